The molecule has 5 fully saturated rings. The maximum absolute atomic E-state index is 14.7. The van der Waals surface area contributed by atoms with Gasteiger partial charge in [-0.3, -0.25) is 14.4 Å². The number of carbonyl (C=O) groups excluding carboxylic acids is 4. The molecule has 0 aliphatic heterocycles. The summed E-state index contributed by atoms with van der Waals surface area (Å²) >= 11 is 0. The van der Waals surface area contributed by atoms with E-state index >= 15 is 0 Å². The van der Waals surface area contributed by atoms with Gasteiger partial charge in [0.05, 0.1) is 0 Å². The zero-order valence-corrected chi connectivity index (χ0v) is 26.8. The van der Waals surface area contributed by atoms with E-state index in [1.54, 1.807) is 13.8 Å². The van der Waals surface area contributed by atoms with Crippen LogP contribution in [-0.4, -0.2) is 54.3 Å². The van der Waals surface area contributed by atoms with Gasteiger partial charge < -0.3 is 15.0 Å². The van der Waals surface area contributed by atoms with Gasteiger partial charge in [0.15, 0.2) is 0 Å². The first kappa shape index (κ1) is 29.9. The molecule has 0 unspecified atom stereocenters. The Morgan fingerprint density at radius 2 is 1.60 bits per heavy atom. The summed E-state index contributed by atoms with van der Waals surface area (Å²) in [6.45, 7) is 16.5. The second-order valence-corrected chi connectivity index (χ2v) is 16.2. The number of carbonyl (C=O) groups is 4. The monoisotopic (exact) mass is 554 g/mol. The third-order valence-electron chi connectivity index (χ3n) is 14.1. The lowest BCUT2D eigenvalue weighted by molar-refractivity contribution is -0.172. The highest BCUT2D eigenvalue weighted by molar-refractivity contribution is 5.92. The number of ketones is 3. The van der Waals surface area contributed by atoms with Crippen LogP contribution in [-0.2, 0) is 19.2 Å². The minimum absolute atomic E-state index is 0.0206. The standard InChI is InChI=1S/C34H54N2O4/c1-19(2)29(40)35-26-13-14-33-18-34(33)25(12-11-24(33)30(26,6)15-20(3)37)31(7)16-23(22(5)38)28(21(4)36(9)10)32(31,8)17-27(34)39/h19,21,23-26,28H,11-18H2,1-10H3,(H,35,40)/t21-,23-,24-,25-,26-,28-,30-,31-,32+,33+,34-/m0/s1. The molecule has 6 heteroatoms. The zero-order chi connectivity index (χ0) is 29.8. The van der Waals surface area contributed by atoms with Gasteiger partial charge in [-0.2, -0.15) is 0 Å². The Kier molecular flexibility index (Phi) is 6.89. The highest BCUT2D eigenvalue weighted by atomic mass is 16.2. The lowest BCUT2D eigenvalue weighted by Crippen LogP contribution is -2.63. The molecule has 5 aliphatic rings. The summed E-state index contributed by atoms with van der Waals surface area (Å²) in [7, 11) is 4.20. The van der Waals surface area contributed by atoms with Crippen LogP contribution in [0.2, 0.25) is 0 Å². The quantitative estimate of drug-likeness (QED) is 0.451. The number of hydrogen-bond acceptors (Lipinski definition) is 5. The molecule has 11 atom stereocenters. The van der Waals surface area contributed by atoms with E-state index in [2.05, 4.69) is 52.0 Å². The molecule has 1 N–H and O–H groups in total. The molecule has 5 rings (SSSR count). The molecular weight excluding hydrogens is 500 g/mol. The summed E-state index contributed by atoms with van der Waals surface area (Å²) in [5.41, 5.74) is -1.09. The summed E-state index contributed by atoms with van der Waals surface area (Å²) in [5.74, 6) is 1.45. The number of fused-ring (bicyclic) bond motifs is 2. The summed E-state index contributed by atoms with van der Waals surface area (Å²) in [4.78, 5) is 55.6. The highest BCUT2D eigenvalue weighted by Gasteiger charge is 2.86. The van der Waals surface area contributed by atoms with Gasteiger partial charge in [-0.15, -0.1) is 0 Å². The first-order chi connectivity index (χ1) is 18.4. The van der Waals surface area contributed by atoms with Crippen molar-refractivity contribution in [2.45, 2.75) is 119 Å². The van der Waals surface area contributed by atoms with Crippen molar-refractivity contribution in [3.63, 3.8) is 0 Å². The lowest BCUT2D eigenvalue weighted by atomic mass is 9.41. The number of amides is 1. The van der Waals surface area contributed by atoms with Crippen molar-refractivity contribution in [3.05, 3.63) is 0 Å². The maximum atomic E-state index is 14.7. The van der Waals surface area contributed by atoms with Gasteiger partial charge in [-0.1, -0.05) is 34.6 Å². The largest absolute Gasteiger partial charge is 0.353 e. The zero-order valence-electron chi connectivity index (χ0n) is 26.8. The molecule has 0 bridgehead atoms. The van der Waals surface area contributed by atoms with E-state index < -0.39 is 0 Å². The normalized spacial score (nSPS) is 48.1. The van der Waals surface area contributed by atoms with Crippen LogP contribution in [0.1, 0.15) is 107 Å². The van der Waals surface area contributed by atoms with Gasteiger partial charge in [0.25, 0.3) is 0 Å². The molecule has 0 aromatic heterocycles. The minimum atomic E-state index is -0.357. The van der Waals surface area contributed by atoms with Gasteiger partial charge in [0.1, 0.15) is 17.3 Å². The number of nitrogens with zero attached hydrogens (tertiary/aromatic N) is 1. The Bertz CT molecular complexity index is 1130. The third-order valence-corrected chi connectivity index (χ3v) is 14.1. The summed E-state index contributed by atoms with van der Waals surface area (Å²) in [5, 5.41) is 3.34. The van der Waals surface area contributed by atoms with Crippen LogP contribution < -0.4 is 5.32 Å². The fourth-order valence-electron chi connectivity index (χ4n) is 12.0. The molecule has 0 radical (unpaired) electrons. The molecule has 0 saturated heterocycles. The average molecular weight is 555 g/mol. The molecule has 40 heavy (non-hydrogen) atoms. The molecule has 5 aliphatic carbocycles. The van der Waals surface area contributed by atoms with Crippen LogP contribution in [0.4, 0.5) is 0 Å². The smallest absolute Gasteiger partial charge is 0.222 e. The van der Waals surface area contributed by atoms with E-state index in [9.17, 15) is 19.2 Å². The van der Waals surface area contributed by atoms with Crippen molar-refractivity contribution in [1.82, 2.24) is 10.2 Å². The van der Waals surface area contributed by atoms with Crippen LogP contribution in [0.5, 0.6) is 0 Å². The van der Waals surface area contributed by atoms with Crippen LogP contribution in [0.3, 0.4) is 0 Å². The van der Waals surface area contributed by atoms with Crippen molar-refractivity contribution in [1.29, 1.82) is 0 Å². The fourth-order valence-corrected chi connectivity index (χ4v) is 12.0. The average Bonchev–Trinajstić information content (AvgIpc) is 3.46. The number of hydrogen-bond donors (Lipinski definition) is 1. The first-order valence-electron chi connectivity index (χ1n) is 15.9. The molecule has 0 heterocycles. The highest BCUT2D eigenvalue weighted by Crippen LogP contribution is 2.88. The Balaban J connectivity index is 1.56. The predicted octanol–water partition coefficient (Wildman–Crippen LogP) is 5.47. The SMILES string of the molecule is CC(=O)C[C@]1(C)[C@@H](NC(=O)C(C)C)CC[C@]23C[C@]24C(=O)C[C@]2(C)[C@@H]([C@H](C)N(C)C)[C@H](C(C)=O)C[C@@]2(C)[C@@H]4CC[C@@H]13. The Morgan fingerprint density at radius 1 is 0.975 bits per heavy atom. The lowest BCUT2D eigenvalue weighted by Gasteiger charge is -2.63. The van der Waals surface area contributed by atoms with Crippen molar-refractivity contribution < 1.29 is 19.2 Å². The molecule has 224 valence electrons. The number of Topliss-reactive ketones (excluding diaryl/α,β-unsaturated/α-hetero) is 3. The van der Waals surface area contributed by atoms with E-state index in [1.807, 2.05) is 13.8 Å². The Morgan fingerprint density at radius 3 is 2.15 bits per heavy atom. The van der Waals surface area contributed by atoms with E-state index in [0.29, 0.717) is 18.6 Å². The molecule has 0 aromatic carbocycles. The molecular formula is C34H54N2O4. The second kappa shape index (κ2) is 9.22. The van der Waals surface area contributed by atoms with Crippen molar-refractivity contribution in [3.8, 4) is 0 Å². The van der Waals surface area contributed by atoms with Crippen LogP contribution in [0, 0.1) is 56.7 Å². The molecule has 1 amide bonds. The summed E-state index contributed by atoms with van der Waals surface area (Å²) < 4.78 is 0. The second-order valence-electron chi connectivity index (χ2n) is 16.2. The van der Waals surface area contributed by atoms with Crippen molar-refractivity contribution >= 4 is 23.3 Å². The molecule has 2 spiro atoms. The fraction of sp³-hybridized carbons (Fsp3) is 0.882. The van der Waals surface area contributed by atoms with E-state index in [0.717, 1.165) is 38.5 Å². The number of rotatable bonds is 7. The topological polar surface area (TPSA) is 83.6 Å². The van der Waals surface area contributed by atoms with Crippen LogP contribution in [0.15, 0.2) is 0 Å². The molecule has 6 nitrogen and oxygen atoms in total. The van der Waals surface area contributed by atoms with E-state index in [1.165, 1.54) is 0 Å². The summed E-state index contributed by atoms with van der Waals surface area (Å²) in [6, 6.07) is 0.167. The van der Waals surface area contributed by atoms with Gasteiger partial charge in [0, 0.05) is 42.2 Å². The minimum Gasteiger partial charge on any atom is -0.353 e. The molecule has 5 saturated carbocycles. The van der Waals surface area contributed by atoms with Gasteiger partial charge in [0.2, 0.25) is 5.91 Å². The van der Waals surface area contributed by atoms with Crippen LogP contribution in [0.25, 0.3) is 0 Å². The maximum Gasteiger partial charge on any atom is 0.222 e. The van der Waals surface area contributed by atoms with E-state index in [4.69, 9.17) is 0 Å². The molecule has 0 aromatic rings. The Labute approximate surface area is 242 Å². The van der Waals surface area contributed by atoms with Crippen molar-refractivity contribution in [2.24, 2.45) is 56.7 Å². The first-order valence-corrected chi connectivity index (χ1v) is 15.9. The summed E-state index contributed by atoms with van der Waals surface area (Å²) in [6.07, 6.45) is 6.52. The Hall–Kier alpha value is -1.56. The van der Waals surface area contributed by atoms with Gasteiger partial charge in [-0.25, -0.2) is 0 Å². The third kappa shape index (κ3) is 3.62. The van der Waals surface area contributed by atoms with Crippen LogP contribution >= 0.6 is 0 Å². The predicted molar refractivity (Wildman–Crippen MR) is 156 cm³/mol. The van der Waals surface area contributed by atoms with E-state index in [-0.39, 0.29) is 86.2 Å². The van der Waals surface area contributed by atoms with Gasteiger partial charge >= 0.3 is 0 Å². The number of nitrogens with one attached hydrogen (secondary N) is 1. The van der Waals surface area contributed by atoms with Crippen molar-refractivity contribution in [2.75, 3.05) is 14.1 Å². The van der Waals surface area contributed by atoms with Gasteiger partial charge in [-0.05, 0) is 113 Å².